The van der Waals surface area contributed by atoms with E-state index in [4.69, 9.17) is 25.3 Å². The average molecular weight is 243 g/mol. The quantitative estimate of drug-likeness (QED) is 0.388. The molecule has 0 unspecified atom stereocenters. The van der Waals surface area contributed by atoms with E-state index < -0.39 is 0 Å². The van der Waals surface area contributed by atoms with Crippen LogP contribution in [0.1, 0.15) is 5.56 Å². The van der Waals surface area contributed by atoms with Crippen LogP contribution in [0.4, 0.5) is 0 Å². The molecule has 1 rings (SSSR count). The molecule has 0 bridgehead atoms. The van der Waals surface area contributed by atoms with Crippen LogP contribution in [0, 0.1) is 0 Å². The standard InChI is InChI=1S/C9H13NS2.2Na/c11-7-10(8-12)6-9-4-2-1-3-5-9;;/h1-5,11-12H,6-8H2;;/q;2*+1/p-2. The van der Waals surface area contributed by atoms with Crippen molar-refractivity contribution in [2.24, 2.45) is 0 Å². The molecule has 0 saturated carbocycles. The van der Waals surface area contributed by atoms with Crippen LogP contribution >= 0.6 is 0 Å². The van der Waals surface area contributed by atoms with Crippen molar-refractivity contribution in [3.63, 3.8) is 0 Å². The number of nitrogens with zero attached hydrogens (tertiary/aromatic N) is 1. The van der Waals surface area contributed by atoms with Crippen molar-refractivity contribution in [2.75, 3.05) is 11.8 Å². The molecule has 0 aliphatic heterocycles. The summed E-state index contributed by atoms with van der Waals surface area (Å²) in [7, 11) is 0. The largest absolute Gasteiger partial charge is 1.00 e. The van der Waals surface area contributed by atoms with E-state index in [1.807, 2.05) is 23.1 Å². The zero-order valence-electron chi connectivity index (χ0n) is 8.77. The summed E-state index contributed by atoms with van der Waals surface area (Å²) in [4.78, 5) is 2.04. The number of hydrogen-bond acceptors (Lipinski definition) is 3. The van der Waals surface area contributed by atoms with Gasteiger partial charge in [0.05, 0.1) is 0 Å². The SMILES string of the molecule is [Na+].[Na+].[S-]CN(C[S-])Cc1ccccc1. The third-order valence-electron chi connectivity index (χ3n) is 1.61. The summed E-state index contributed by atoms with van der Waals surface area (Å²) in [5.74, 6) is 1.22. The normalized spacial score (nSPS) is 9.07. The molecule has 0 aliphatic rings. The second kappa shape index (κ2) is 11.4. The Bertz CT molecular complexity index is 217. The first-order chi connectivity index (χ1) is 5.86. The van der Waals surface area contributed by atoms with E-state index >= 15 is 0 Å². The minimum absolute atomic E-state index is 0. The maximum atomic E-state index is 4.93. The molecule has 1 aromatic rings. The molecule has 0 N–H and O–H groups in total. The summed E-state index contributed by atoms with van der Waals surface area (Å²) in [5.41, 5.74) is 1.27. The molecule has 1 nitrogen and oxygen atoms in total. The number of hydrogen-bond donors (Lipinski definition) is 0. The summed E-state index contributed by atoms with van der Waals surface area (Å²) in [6, 6.07) is 10.2. The Morgan fingerprint density at radius 3 is 1.86 bits per heavy atom. The van der Waals surface area contributed by atoms with E-state index in [-0.39, 0.29) is 59.1 Å². The predicted octanol–water partition coefficient (Wildman–Crippen LogP) is -4.49. The van der Waals surface area contributed by atoms with Crippen molar-refractivity contribution < 1.29 is 59.1 Å². The van der Waals surface area contributed by atoms with Gasteiger partial charge < -0.3 is 30.2 Å². The Balaban J connectivity index is 0. The molecule has 14 heavy (non-hydrogen) atoms. The van der Waals surface area contributed by atoms with Crippen molar-refractivity contribution in [1.82, 2.24) is 4.90 Å². The van der Waals surface area contributed by atoms with E-state index in [2.05, 4.69) is 12.1 Å². The molecule has 5 heteroatoms. The molecule has 0 amide bonds. The first kappa shape index (κ1) is 18.3. The van der Waals surface area contributed by atoms with Gasteiger partial charge in [-0.3, -0.25) is 0 Å². The Morgan fingerprint density at radius 1 is 0.929 bits per heavy atom. The van der Waals surface area contributed by atoms with Crippen molar-refractivity contribution in [3.8, 4) is 0 Å². The molecular formula is C9H11NNa2S2. The van der Waals surface area contributed by atoms with Crippen LogP contribution in [0.3, 0.4) is 0 Å². The van der Waals surface area contributed by atoms with Crippen LogP contribution in [0.25, 0.3) is 0 Å². The Morgan fingerprint density at radius 2 is 1.43 bits per heavy atom. The molecule has 0 saturated heterocycles. The fourth-order valence-corrected chi connectivity index (χ4v) is 1.45. The van der Waals surface area contributed by atoms with Crippen molar-refractivity contribution in [1.29, 1.82) is 0 Å². The van der Waals surface area contributed by atoms with E-state index in [1.165, 1.54) is 5.56 Å². The molecule has 0 radical (unpaired) electrons. The van der Waals surface area contributed by atoms with Gasteiger partial charge in [0.1, 0.15) is 0 Å². The van der Waals surface area contributed by atoms with E-state index in [9.17, 15) is 0 Å². The maximum absolute atomic E-state index is 4.93. The summed E-state index contributed by atoms with van der Waals surface area (Å²) >= 11 is 9.86. The maximum Gasteiger partial charge on any atom is 1.00 e. The zero-order chi connectivity index (χ0) is 8.81. The fourth-order valence-electron chi connectivity index (χ4n) is 0.970. The van der Waals surface area contributed by atoms with E-state index in [1.54, 1.807) is 0 Å². The first-order valence-electron chi connectivity index (χ1n) is 3.79. The summed E-state index contributed by atoms with van der Waals surface area (Å²) in [5, 5.41) is 0. The number of rotatable bonds is 4. The van der Waals surface area contributed by atoms with Crippen molar-refractivity contribution in [2.45, 2.75) is 6.54 Å². The average Bonchev–Trinajstić information content (AvgIpc) is 2.16. The zero-order valence-corrected chi connectivity index (χ0v) is 14.4. The summed E-state index contributed by atoms with van der Waals surface area (Å²) in [6.07, 6.45) is 0. The van der Waals surface area contributed by atoms with Gasteiger partial charge in [-0.2, -0.15) is 0 Å². The van der Waals surface area contributed by atoms with Gasteiger partial charge in [0, 0.05) is 6.54 Å². The van der Waals surface area contributed by atoms with Crippen molar-refractivity contribution >= 4 is 25.3 Å². The second-order valence-electron chi connectivity index (χ2n) is 2.57. The molecule has 0 atom stereocenters. The molecule has 0 aromatic heterocycles. The third-order valence-corrected chi connectivity index (χ3v) is 2.34. The Kier molecular flexibility index (Phi) is 14.8. The molecular weight excluding hydrogens is 232 g/mol. The second-order valence-corrected chi connectivity index (χ2v) is 3.09. The molecule has 0 heterocycles. The fraction of sp³-hybridized carbons (Fsp3) is 0.333. The number of benzene rings is 1. The van der Waals surface area contributed by atoms with Gasteiger partial charge >= 0.3 is 59.1 Å². The van der Waals surface area contributed by atoms with Crippen LogP contribution in [0.5, 0.6) is 0 Å². The topological polar surface area (TPSA) is 3.24 Å². The van der Waals surface area contributed by atoms with Gasteiger partial charge in [0.15, 0.2) is 0 Å². The van der Waals surface area contributed by atoms with Gasteiger partial charge in [-0.05, 0) is 5.56 Å². The van der Waals surface area contributed by atoms with E-state index in [0.29, 0.717) is 11.8 Å². The van der Waals surface area contributed by atoms with Gasteiger partial charge in [-0.1, -0.05) is 30.3 Å². The smallest absolute Gasteiger partial charge is 0.777 e. The Hall–Kier alpha value is 1.88. The minimum Gasteiger partial charge on any atom is -0.777 e. The van der Waals surface area contributed by atoms with Gasteiger partial charge in [-0.25, -0.2) is 0 Å². The molecule has 66 valence electrons. The van der Waals surface area contributed by atoms with Crippen LogP contribution in [-0.4, -0.2) is 16.7 Å². The molecule has 0 aliphatic carbocycles. The van der Waals surface area contributed by atoms with Gasteiger partial charge in [0.2, 0.25) is 0 Å². The van der Waals surface area contributed by atoms with Crippen molar-refractivity contribution in [3.05, 3.63) is 35.9 Å². The Labute approximate surface area is 141 Å². The van der Waals surface area contributed by atoms with Gasteiger partial charge in [-0.15, -0.1) is 11.8 Å². The third kappa shape index (κ3) is 7.20. The van der Waals surface area contributed by atoms with Crippen LogP contribution in [0.15, 0.2) is 30.3 Å². The summed E-state index contributed by atoms with van der Waals surface area (Å²) in [6.45, 7) is 0.869. The van der Waals surface area contributed by atoms with Crippen LogP contribution in [0.2, 0.25) is 0 Å². The molecule has 1 aromatic carbocycles. The molecule has 0 spiro atoms. The van der Waals surface area contributed by atoms with E-state index in [0.717, 1.165) is 6.54 Å². The van der Waals surface area contributed by atoms with Crippen LogP contribution < -0.4 is 59.1 Å². The predicted molar refractivity (Wildman–Crippen MR) is 56.4 cm³/mol. The molecule has 0 fully saturated rings. The van der Waals surface area contributed by atoms with Crippen LogP contribution in [-0.2, 0) is 31.8 Å². The monoisotopic (exact) mass is 243 g/mol. The minimum atomic E-state index is 0. The van der Waals surface area contributed by atoms with Gasteiger partial charge in [0.25, 0.3) is 0 Å². The summed E-state index contributed by atoms with van der Waals surface area (Å²) < 4.78 is 0. The first-order valence-corrected chi connectivity index (χ1v) is 4.94.